The Morgan fingerprint density at radius 2 is 2.26 bits per heavy atom. The summed E-state index contributed by atoms with van der Waals surface area (Å²) in [4.78, 5) is 10.7. The van der Waals surface area contributed by atoms with Crippen LogP contribution in [0.1, 0.15) is 11.8 Å². The van der Waals surface area contributed by atoms with E-state index < -0.39 is 10.8 Å². The molecule has 1 atom stereocenters. The maximum atomic E-state index is 11.6. The maximum absolute atomic E-state index is 11.6. The number of aromatic nitrogens is 5. The fraction of sp³-hybridized carbons (Fsp3) is 0.273. The molecule has 0 saturated carbocycles. The summed E-state index contributed by atoms with van der Waals surface area (Å²) in [6, 6.07) is 2.07. The zero-order valence-corrected chi connectivity index (χ0v) is 12.0. The van der Waals surface area contributed by atoms with Gasteiger partial charge in [-0.05, 0) is 12.5 Å². The summed E-state index contributed by atoms with van der Waals surface area (Å²) >= 11 is 1.64. The van der Waals surface area contributed by atoms with Gasteiger partial charge in [0.15, 0.2) is 5.82 Å². The molecule has 19 heavy (non-hydrogen) atoms. The Balaban J connectivity index is 2.27. The Labute approximate surface area is 116 Å². The van der Waals surface area contributed by atoms with Crippen molar-refractivity contribution in [3.8, 4) is 5.82 Å². The molecule has 0 amide bonds. The van der Waals surface area contributed by atoms with Crippen LogP contribution in [0.15, 0.2) is 23.9 Å². The van der Waals surface area contributed by atoms with Crippen molar-refractivity contribution in [1.82, 2.24) is 24.7 Å². The number of aryl methyl sites for hydroxylation is 1. The number of fused-ring (bicyclic) bond motifs is 1. The van der Waals surface area contributed by atoms with Gasteiger partial charge in [0.2, 0.25) is 5.16 Å². The van der Waals surface area contributed by atoms with Crippen molar-refractivity contribution in [2.24, 2.45) is 0 Å². The fourth-order valence-corrected chi connectivity index (χ4v) is 3.33. The third kappa shape index (κ3) is 2.06. The first-order chi connectivity index (χ1) is 9.20. The smallest absolute Gasteiger partial charge is 0.226 e. The zero-order chi connectivity index (χ0) is 13.4. The van der Waals surface area contributed by atoms with E-state index in [4.69, 9.17) is 0 Å². The largest absolute Gasteiger partial charge is 0.257 e. The minimum Gasteiger partial charge on any atom is -0.257 e. The van der Waals surface area contributed by atoms with Gasteiger partial charge in [-0.1, -0.05) is 6.92 Å². The molecular formula is C11H11N5OS2. The second-order valence-corrected chi connectivity index (χ2v) is 6.31. The van der Waals surface area contributed by atoms with Crippen LogP contribution >= 0.6 is 11.3 Å². The summed E-state index contributed by atoms with van der Waals surface area (Å²) in [5.41, 5.74) is 0. The number of thiophene rings is 1. The predicted octanol–water partition coefficient (Wildman–Crippen LogP) is 1.57. The van der Waals surface area contributed by atoms with Crippen molar-refractivity contribution in [3.05, 3.63) is 23.6 Å². The molecule has 3 rings (SSSR count). The van der Waals surface area contributed by atoms with Crippen LogP contribution in [0.3, 0.4) is 0 Å². The van der Waals surface area contributed by atoms with Crippen LogP contribution in [0.2, 0.25) is 0 Å². The molecule has 0 aliphatic carbocycles. The summed E-state index contributed by atoms with van der Waals surface area (Å²) in [7, 11) is -1.22. The quantitative estimate of drug-likeness (QED) is 0.733. The molecule has 0 N–H and O–H groups in total. The predicted molar refractivity (Wildman–Crippen MR) is 74.0 cm³/mol. The van der Waals surface area contributed by atoms with Crippen LogP contribution in [0.4, 0.5) is 0 Å². The topological polar surface area (TPSA) is 73.6 Å². The van der Waals surface area contributed by atoms with Crippen molar-refractivity contribution in [3.63, 3.8) is 0 Å². The molecule has 3 aromatic rings. The monoisotopic (exact) mass is 293 g/mol. The highest BCUT2D eigenvalue weighted by molar-refractivity contribution is 7.84. The van der Waals surface area contributed by atoms with Crippen molar-refractivity contribution < 1.29 is 4.21 Å². The van der Waals surface area contributed by atoms with Gasteiger partial charge in [-0.15, -0.1) is 21.5 Å². The Hall–Kier alpha value is -1.67. The molecule has 0 fully saturated rings. The average Bonchev–Trinajstić information content (AvgIpc) is 3.04. The molecule has 0 spiro atoms. The number of hydrogen-bond acceptors (Lipinski definition) is 6. The van der Waals surface area contributed by atoms with Gasteiger partial charge in [0, 0.05) is 11.1 Å². The van der Waals surface area contributed by atoms with Gasteiger partial charge in [0.05, 0.1) is 16.2 Å². The van der Waals surface area contributed by atoms with Crippen LogP contribution in [-0.4, -0.2) is 35.2 Å². The maximum Gasteiger partial charge on any atom is 0.226 e. The lowest BCUT2D eigenvalue weighted by atomic mass is 10.3. The third-order valence-electron chi connectivity index (χ3n) is 2.71. The lowest BCUT2D eigenvalue weighted by Gasteiger charge is -2.03. The molecule has 0 aliphatic rings. The van der Waals surface area contributed by atoms with Gasteiger partial charge in [0.25, 0.3) is 0 Å². The summed E-state index contributed by atoms with van der Waals surface area (Å²) in [6.07, 6.45) is 5.57. The Bertz CT molecular complexity index is 763. The number of rotatable bonds is 3. The standard InChI is InChI=1S/C11H11N5OS2/c1-3-7-4-8-9(12-5-13-10(8)18-7)16-6-14-15-11(16)19(2)17/h4-6H,3H2,1-2H3/t19-/m0/s1. The Kier molecular flexibility index (Phi) is 3.11. The highest BCUT2D eigenvalue weighted by Crippen LogP contribution is 2.28. The number of hydrogen-bond donors (Lipinski definition) is 0. The number of nitrogens with zero attached hydrogens (tertiary/aromatic N) is 5. The SMILES string of the molecule is CCc1cc2c(-n3cnnc3[S@](C)=O)ncnc2s1. The molecule has 0 saturated heterocycles. The lowest BCUT2D eigenvalue weighted by Crippen LogP contribution is -2.04. The zero-order valence-electron chi connectivity index (χ0n) is 10.4. The fourth-order valence-electron chi connectivity index (χ4n) is 1.82. The summed E-state index contributed by atoms with van der Waals surface area (Å²) in [5.74, 6) is 0.677. The molecule has 0 unspecified atom stereocenters. The van der Waals surface area contributed by atoms with Gasteiger partial charge in [-0.3, -0.25) is 8.78 Å². The average molecular weight is 293 g/mol. The molecular weight excluding hydrogens is 282 g/mol. The van der Waals surface area contributed by atoms with Gasteiger partial charge < -0.3 is 0 Å². The van der Waals surface area contributed by atoms with E-state index in [1.165, 1.54) is 17.5 Å². The normalized spacial score (nSPS) is 12.9. The molecule has 0 bridgehead atoms. The van der Waals surface area contributed by atoms with Crippen molar-refractivity contribution in [2.75, 3.05) is 6.26 Å². The van der Waals surface area contributed by atoms with Crippen molar-refractivity contribution in [2.45, 2.75) is 18.5 Å². The molecule has 8 heteroatoms. The second-order valence-electron chi connectivity index (χ2n) is 3.92. The molecule has 3 heterocycles. The molecule has 98 valence electrons. The third-order valence-corrected chi connectivity index (χ3v) is 4.69. The first-order valence-electron chi connectivity index (χ1n) is 5.68. The minimum atomic E-state index is -1.22. The van der Waals surface area contributed by atoms with Crippen molar-refractivity contribution >= 4 is 32.4 Å². The van der Waals surface area contributed by atoms with Gasteiger partial charge in [-0.2, -0.15) is 0 Å². The van der Waals surface area contributed by atoms with Gasteiger partial charge in [-0.25, -0.2) is 9.97 Å². The molecule has 0 aromatic carbocycles. The summed E-state index contributed by atoms with van der Waals surface area (Å²) < 4.78 is 13.3. The first-order valence-corrected chi connectivity index (χ1v) is 8.05. The van der Waals surface area contributed by atoms with Crippen LogP contribution in [0, 0.1) is 0 Å². The molecule has 0 aliphatic heterocycles. The Morgan fingerprint density at radius 3 is 3.00 bits per heavy atom. The first kappa shape index (κ1) is 12.4. The lowest BCUT2D eigenvalue weighted by molar-refractivity contribution is 0.675. The Morgan fingerprint density at radius 1 is 1.42 bits per heavy atom. The van der Waals surface area contributed by atoms with E-state index in [1.54, 1.807) is 22.2 Å². The summed E-state index contributed by atoms with van der Waals surface area (Å²) in [6.45, 7) is 2.10. The van der Waals surface area contributed by atoms with E-state index in [-0.39, 0.29) is 0 Å². The van der Waals surface area contributed by atoms with Crippen LogP contribution in [0.5, 0.6) is 0 Å². The van der Waals surface area contributed by atoms with Crippen LogP contribution < -0.4 is 0 Å². The van der Waals surface area contributed by atoms with Crippen molar-refractivity contribution in [1.29, 1.82) is 0 Å². The van der Waals surface area contributed by atoms with E-state index in [0.717, 1.165) is 16.6 Å². The molecule has 6 nitrogen and oxygen atoms in total. The second kappa shape index (κ2) is 4.78. The van der Waals surface area contributed by atoms with E-state index in [0.29, 0.717) is 11.0 Å². The van der Waals surface area contributed by atoms with E-state index in [1.807, 2.05) is 0 Å². The van der Waals surface area contributed by atoms with Crippen LogP contribution in [0.25, 0.3) is 16.0 Å². The minimum absolute atomic E-state index is 0.393. The van der Waals surface area contributed by atoms with E-state index in [9.17, 15) is 4.21 Å². The van der Waals surface area contributed by atoms with E-state index in [2.05, 4.69) is 33.2 Å². The highest BCUT2D eigenvalue weighted by Gasteiger charge is 2.15. The van der Waals surface area contributed by atoms with Gasteiger partial charge in [0.1, 0.15) is 17.5 Å². The van der Waals surface area contributed by atoms with E-state index >= 15 is 0 Å². The molecule has 3 aromatic heterocycles. The van der Waals surface area contributed by atoms with Crippen LogP contribution in [-0.2, 0) is 17.2 Å². The van der Waals surface area contributed by atoms with Gasteiger partial charge >= 0.3 is 0 Å². The summed E-state index contributed by atoms with van der Waals surface area (Å²) in [5, 5.41) is 9.03. The molecule has 0 radical (unpaired) electrons. The highest BCUT2D eigenvalue weighted by atomic mass is 32.2.